The Balaban J connectivity index is 3.09. The van der Waals surface area contributed by atoms with Crippen LogP contribution in [0.3, 0.4) is 0 Å². The zero-order valence-corrected chi connectivity index (χ0v) is 7.26. The van der Waals surface area contributed by atoms with Crippen LogP contribution in [0.15, 0.2) is 12.3 Å². The van der Waals surface area contributed by atoms with Crippen molar-refractivity contribution in [2.45, 2.75) is 26.8 Å². The van der Waals surface area contributed by atoms with Crippen LogP contribution in [-0.4, -0.2) is 4.98 Å². The van der Waals surface area contributed by atoms with E-state index in [0.717, 1.165) is 11.3 Å². The highest BCUT2D eigenvalue weighted by molar-refractivity contribution is 5.26. The van der Waals surface area contributed by atoms with Crippen molar-refractivity contribution in [3.05, 3.63) is 29.1 Å². The van der Waals surface area contributed by atoms with E-state index in [1.165, 1.54) is 5.56 Å². The fraction of sp³-hybridized carbons (Fsp3) is 0.444. The summed E-state index contributed by atoms with van der Waals surface area (Å²) in [6.45, 7) is 6.02. The van der Waals surface area contributed by atoms with Crippen LogP contribution in [0, 0.1) is 13.8 Å². The van der Waals surface area contributed by atoms with E-state index in [9.17, 15) is 0 Å². The summed E-state index contributed by atoms with van der Waals surface area (Å²) in [7, 11) is 0. The normalized spacial score (nSPS) is 13.1. The molecule has 0 aliphatic carbocycles. The summed E-state index contributed by atoms with van der Waals surface area (Å²) in [6, 6.07) is 2.14. The second-order valence-corrected chi connectivity index (χ2v) is 2.97. The molecule has 0 aliphatic heterocycles. The molecule has 0 aromatic carbocycles. The number of rotatable bonds is 1. The Morgan fingerprint density at radius 3 is 2.55 bits per heavy atom. The van der Waals surface area contributed by atoms with E-state index in [4.69, 9.17) is 5.73 Å². The van der Waals surface area contributed by atoms with Crippen LogP contribution in [0.5, 0.6) is 0 Å². The smallest absolute Gasteiger partial charge is 0.0375 e. The third kappa shape index (κ3) is 1.77. The lowest BCUT2D eigenvalue weighted by Gasteiger charge is -2.08. The molecule has 1 unspecified atom stereocenters. The predicted octanol–water partition coefficient (Wildman–Crippen LogP) is 1.72. The molecule has 1 aromatic rings. The Morgan fingerprint density at radius 2 is 2.09 bits per heavy atom. The van der Waals surface area contributed by atoms with Gasteiger partial charge in [0.25, 0.3) is 0 Å². The van der Waals surface area contributed by atoms with Crippen LogP contribution in [0.2, 0.25) is 0 Å². The molecule has 11 heavy (non-hydrogen) atoms. The lowest BCUT2D eigenvalue weighted by atomic mass is 10.1. The Labute approximate surface area is 67.5 Å². The fourth-order valence-electron chi connectivity index (χ4n) is 1.18. The molecular weight excluding hydrogens is 136 g/mol. The van der Waals surface area contributed by atoms with E-state index in [1.807, 2.05) is 20.0 Å². The average molecular weight is 150 g/mol. The summed E-state index contributed by atoms with van der Waals surface area (Å²) in [5, 5.41) is 0. The second-order valence-electron chi connectivity index (χ2n) is 2.97. The van der Waals surface area contributed by atoms with Gasteiger partial charge in [-0.3, -0.25) is 4.98 Å². The summed E-state index contributed by atoms with van der Waals surface area (Å²) in [5.74, 6) is 0. The number of aryl methyl sites for hydroxylation is 2. The van der Waals surface area contributed by atoms with Gasteiger partial charge in [0.2, 0.25) is 0 Å². The maximum Gasteiger partial charge on any atom is 0.0375 e. The van der Waals surface area contributed by atoms with Crippen molar-refractivity contribution in [1.29, 1.82) is 0 Å². The van der Waals surface area contributed by atoms with Gasteiger partial charge in [-0.05, 0) is 38.0 Å². The molecule has 0 aliphatic rings. The largest absolute Gasteiger partial charge is 0.324 e. The van der Waals surface area contributed by atoms with Crippen LogP contribution in [-0.2, 0) is 0 Å². The molecule has 1 heterocycles. The average Bonchev–Trinajstić information content (AvgIpc) is 1.85. The van der Waals surface area contributed by atoms with Crippen LogP contribution < -0.4 is 5.73 Å². The molecule has 2 N–H and O–H groups in total. The Morgan fingerprint density at radius 1 is 1.45 bits per heavy atom. The highest BCUT2D eigenvalue weighted by Gasteiger charge is 2.02. The number of hydrogen-bond acceptors (Lipinski definition) is 2. The Hall–Kier alpha value is -0.890. The third-order valence-corrected chi connectivity index (χ3v) is 1.78. The molecule has 1 aromatic heterocycles. The van der Waals surface area contributed by atoms with Crippen molar-refractivity contribution in [2.75, 3.05) is 0 Å². The zero-order chi connectivity index (χ0) is 8.43. The first kappa shape index (κ1) is 8.21. The second kappa shape index (κ2) is 3.01. The molecule has 0 bridgehead atoms. The Bertz CT molecular complexity index is 254. The van der Waals surface area contributed by atoms with E-state index in [1.54, 1.807) is 0 Å². The fourth-order valence-corrected chi connectivity index (χ4v) is 1.18. The van der Waals surface area contributed by atoms with Crippen molar-refractivity contribution in [3.8, 4) is 0 Å². The van der Waals surface area contributed by atoms with Gasteiger partial charge in [-0.1, -0.05) is 0 Å². The monoisotopic (exact) mass is 150 g/mol. The zero-order valence-electron chi connectivity index (χ0n) is 7.26. The van der Waals surface area contributed by atoms with Crippen molar-refractivity contribution in [2.24, 2.45) is 5.73 Å². The number of nitrogens with two attached hydrogens (primary N) is 1. The van der Waals surface area contributed by atoms with Gasteiger partial charge in [0.15, 0.2) is 0 Å². The van der Waals surface area contributed by atoms with Crippen molar-refractivity contribution < 1.29 is 0 Å². The van der Waals surface area contributed by atoms with Crippen LogP contribution in [0.4, 0.5) is 0 Å². The van der Waals surface area contributed by atoms with Crippen molar-refractivity contribution in [3.63, 3.8) is 0 Å². The topological polar surface area (TPSA) is 38.9 Å². The van der Waals surface area contributed by atoms with E-state index >= 15 is 0 Å². The van der Waals surface area contributed by atoms with E-state index in [2.05, 4.69) is 18.0 Å². The van der Waals surface area contributed by atoms with Gasteiger partial charge in [-0.2, -0.15) is 0 Å². The lowest BCUT2D eigenvalue weighted by molar-refractivity contribution is 0.800. The van der Waals surface area contributed by atoms with Gasteiger partial charge in [0, 0.05) is 17.9 Å². The SMILES string of the molecule is Cc1cc(C)c(C(C)N)cn1. The van der Waals surface area contributed by atoms with Gasteiger partial charge >= 0.3 is 0 Å². The minimum absolute atomic E-state index is 0.0862. The highest BCUT2D eigenvalue weighted by Crippen LogP contribution is 2.13. The summed E-state index contributed by atoms with van der Waals surface area (Å²) >= 11 is 0. The molecule has 0 fully saturated rings. The predicted molar refractivity (Wildman–Crippen MR) is 46.3 cm³/mol. The maximum atomic E-state index is 5.72. The minimum Gasteiger partial charge on any atom is -0.324 e. The van der Waals surface area contributed by atoms with Gasteiger partial charge in [-0.25, -0.2) is 0 Å². The standard InChI is InChI=1S/C9H14N2/c1-6-4-7(2)11-5-9(6)8(3)10/h4-5,8H,10H2,1-3H3. The first-order chi connectivity index (χ1) is 5.11. The first-order valence-electron chi connectivity index (χ1n) is 3.80. The van der Waals surface area contributed by atoms with Crippen LogP contribution in [0.25, 0.3) is 0 Å². The van der Waals surface area contributed by atoms with Crippen molar-refractivity contribution in [1.82, 2.24) is 4.98 Å². The molecule has 2 nitrogen and oxygen atoms in total. The molecule has 0 saturated heterocycles. The number of aromatic nitrogens is 1. The summed E-state index contributed by atoms with van der Waals surface area (Å²) in [6.07, 6.45) is 1.86. The molecule has 0 spiro atoms. The molecule has 1 atom stereocenters. The summed E-state index contributed by atoms with van der Waals surface area (Å²) < 4.78 is 0. The lowest BCUT2D eigenvalue weighted by Crippen LogP contribution is -2.07. The molecule has 2 heteroatoms. The molecule has 0 radical (unpaired) electrons. The number of nitrogens with zero attached hydrogens (tertiary/aromatic N) is 1. The van der Waals surface area contributed by atoms with Gasteiger partial charge < -0.3 is 5.73 Å². The highest BCUT2D eigenvalue weighted by atomic mass is 14.7. The van der Waals surface area contributed by atoms with Gasteiger partial charge in [0.1, 0.15) is 0 Å². The van der Waals surface area contributed by atoms with Crippen molar-refractivity contribution >= 4 is 0 Å². The Kier molecular flexibility index (Phi) is 2.25. The van der Waals surface area contributed by atoms with Gasteiger partial charge in [0.05, 0.1) is 0 Å². The van der Waals surface area contributed by atoms with E-state index in [0.29, 0.717) is 0 Å². The first-order valence-corrected chi connectivity index (χ1v) is 3.80. The van der Waals surface area contributed by atoms with Crippen LogP contribution in [0.1, 0.15) is 29.8 Å². The molecule has 0 amide bonds. The summed E-state index contributed by atoms with van der Waals surface area (Å²) in [5.41, 5.74) is 9.14. The molecule has 0 saturated carbocycles. The molecule has 1 rings (SSSR count). The van der Waals surface area contributed by atoms with Crippen LogP contribution >= 0.6 is 0 Å². The van der Waals surface area contributed by atoms with E-state index < -0.39 is 0 Å². The molecule has 60 valence electrons. The molecular formula is C9H14N2. The third-order valence-electron chi connectivity index (χ3n) is 1.78. The number of pyridine rings is 1. The number of hydrogen-bond donors (Lipinski definition) is 1. The summed E-state index contributed by atoms with van der Waals surface area (Å²) in [4.78, 5) is 4.18. The van der Waals surface area contributed by atoms with Gasteiger partial charge in [-0.15, -0.1) is 0 Å². The minimum atomic E-state index is 0.0862. The van der Waals surface area contributed by atoms with E-state index in [-0.39, 0.29) is 6.04 Å². The quantitative estimate of drug-likeness (QED) is 0.662. The maximum absolute atomic E-state index is 5.72.